The molecule has 0 aliphatic heterocycles. The minimum Gasteiger partial charge on any atom is -0.483 e. The highest BCUT2D eigenvalue weighted by Gasteiger charge is 2.24. The Hall–Kier alpha value is -3.03. The maximum Gasteiger partial charge on any atom is 0.330 e. The molecule has 0 bridgehead atoms. The molecule has 0 aliphatic carbocycles. The van der Waals surface area contributed by atoms with Gasteiger partial charge in [-0.1, -0.05) is 38.5 Å². The van der Waals surface area contributed by atoms with E-state index in [9.17, 15) is 14.4 Å². The molecule has 0 saturated carbocycles. The van der Waals surface area contributed by atoms with Gasteiger partial charge in [-0.2, -0.15) is 0 Å². The molecule has 1 heterocycles. The molecule has 1 aromatic carbocycles. The number of carbonyl (C=O) groups excluding carboxylic acids is 1. The summed E-state index contributed by atoms with van der Waals surface area (Å²) in [5.41, 5.74) is 5.79. The Morgan fingerprint density at radius 3 is 2.57 bits per heavy atom. The van der Waals surface area contributed by atoms with Crippen molar-refractivity contribution in [1.82, 2.24) is 9.55 Å². The number of amides is 1. The lowest BCUT2D eigenvalue weighted by molar-refractivity contribution is -0.120. The molecule has 152 valence electrons. The van der Waals surface area contributed by atoms with Crippen LogP contribution in [-0.4, -0.2) is 28.6 Å². The average Bonchev–Trinajstić information content (AvgIpc) is 2.66. The van der Waals surface area contributed by atoms with Gasteiger partial charge in [0.15, 0.2) is 12.3 Å². The lowest BCUT2D eigenvalue weighted by Gasteiger charge is -2.24. The number of nitrogens with two attached hydrogens (primary N) is 1. The third kappa shape index (κ3) is 4.82. The van der Waals surface area contributed by atoms with Crippen LogP contribution < -0.4 is 26.6 Å². The van der Waals surface area contributed by atoms with Crippen LogP contribution in [0.3, 0.4) is 0 Å². The van der Waals surface area contributed by atoms with Gasteiger partial charge in [-0.3, -0.25) is 19.1 Å². The van der Waals surface area contributed by atoms with E-state index in [2.05, 4.69) is 4.98 Å². The molecule has 1 amide bonds. The van der Waals surface area contributed by atoms with Crippen LogP contribution in [0.2, 0.25) is 0 Å². The zero-order valence-electron chi connectivity index (χ0n) is 16.7. The number of aryl methyl sites for hydroxylation is 1. The van der Waals surface area contributed by atoms with E-state index >= 15 is 0 Å². The number of hydrogen-bond acceptors (Lipinski definition) is 5. The third-order valence-corrected chi connectivity index (χ3v) is 4.41. The number of anilines is 2. The van der Waals surface area contributed by atoms with Crippen molar-refractivity contribution in [3.8, 4) is 5.75 Å². The van der Waals surface area contributed by atoms with Gasteiger partial charge in [0.2, 0.25) is 0 Å². The van der Waals surface area contributed by atoms with Crippen molar-refractivity contribution >= 4 is 17.4 Å². The summed E-state index contributed by atoms with van der Waals surface area (Å²) >= 11 is 0. The van der Waals surface area contributed by atoms with Crippen LogP contribution in [0.5, 0.6) is 5.75 Å². The predicted molar refractivity (Wildman–Crippen MR) is 110 cm³/mol. The van der Waals surface area contributed by atoms with Gasteiger partial charge in [-0.05, 0) is 31.4 Å². The molecule has 0 unspecified atom stereocenters. The highest BCUT2D eigenvalue weighted by molar-refractivity contribution is 5.96. The number of rotatable bonds is 9. The molecule has 0 spiro atoms. The lowest BCUT2D eigenvalue weighted by atomic mass is 10.2. The number of hydrogen-bond donors (Lipinski definition) is 2. The van der Waals surface area contributed by atoms with Gasteiger partial charge in [0.05, 0.1) is 0 Å². The van der Waals surface area contributed by atoms with Crippen molar-refractivity contribution < 1.29 is 9.53 Å². The fourth-order valence-electron chi connectivity index (χ4n) is 2.90. The molecule has 2 aromatic rings. The number of carbonyl (C=O) groups is 1. The van der Waals surface area contributed by atoms with Crippen LogP contribution in [0.15, 0.2) is 33.9 Å². The molecule has 0 saturated heterocycles. The number of unbranched alkanes of at least 4 members (excludes halogenated alkanes) is 1. The molecule has 8 heteroatoms. The summed E-state index contributed by atoms with van der Waals surface area (Å²) in [5, 5.41) is 0. The Labute approximate surface area is 163 Å². The van der Waals surface area contributed by atoms with E-state index in [1.807, 2.05) is 39.0 Å². The third-order valence-electron chi connectivity index (χ3n) is 4.41. The van der Waals surface area contributed by atoms with Crippen LogP contribution in [0.1, 0.15) is 38.7 Å². The SMILES string of the molecule is CCCCn1c(N)c(N(CCC)C(=O)COc2ccccc2C)c(=O)[nH]c1=O. The normalized spacial score (nSPS) is 10.7. The first-order valence-corrected chi connectivity index (χ1v) is 9.52. The summed E-state index contributed by atoms with van der Waals surface area (Å²) in [6, 6.07) is 7.37. The van der Waals surface area contributed by atoms with Gasteiger partial charge in [0.25, 0.3) is 11.5 Å². The topological polar surface area (TPSA) is 110 Å². The average molecular weight is 388 g/mol. The van der Waals surface area contributed by atoms with Crippen molar-refractivity contribution in [3.63, 3.8) is 0 Å². The van der Waals surface area contributed by atoms with Crippen LogP contribution in [0.4, 0.5) is 11.5 Å². The summed E-state index contributed by atoms with van der Waals surface area (Å²) in [4.78, 5) is 41.0. The fourth-order valence-corrected chi connectivity index (χ4v) is 2.90. The summed E-state index contributed by atoms with van der Waals surface area (Å²) in [6.07, 6.45) is 2.21. The molecule has 1 aromatic heterocycles. The Morgan fingerprint density at radius 1 is 1.21 bits per heavy atom. The van der Waals surface area contributed by atoms with Crippen molar-refractivity contribution in [2.75, 3.05) is 23.8 Å². The Kier molecular flexibility index (Phi) is 7.43. The number of para-hydroxylation sites is 1. The summed E-state index contributed by atoms with van der Waals surface area (Å²) in [7, 11) is 0. The van der Waals surface area contributed by atoms with Gasteiger partial charge in [0.1, 0.15) is 11.6 Å². The van der Waals surface area contributed by atoms with Gasteiger partial charge >= 0.3 is 5.69 Å². The minimum atomic E-state index is -0.673. The Bertz CT molecular complexity index is 933. The number of nitrogen functional groups attached to an aromatic ring is 1. The van der Waals surface area contributed by atoms with Crippen LogP contribution in [0, 0.1) is 6.92 Å². The lowest BCUT2D eigenvalue weighted by Crippen LogP contribution is -2.43. The van der Waals surface area contributed by atoms with Crippen molar-refractivity contribution in [1.29, 1.82) is 0 Å². The minimum absolute atomic E-state index is 0.000100. The number of nitrogens with zero attached hydrogens (tertiary/aromatic N) is 2. The second-order valence-electron chi connectivity index (χ2n) is 6.60. The van der Waals surface area contributed by atoms with Gasteiger partial charge < -0.3 is 15.4 Å². The molecule has 0 aliphatic rings. The molecule has 0 radical (unpaired) electrons. The number of aromatic amines is 1. The second kappa shape index (κ2) is 9.77. The predicted octanol–water partition coefficient (Wildman–Crippen LogP) is 2.05. The van der Waals surface area contributed by atoms with E-state index in [0.717, 1.165) is 18.4 Å². The summed E-state index contributed by atoms with van der Waals surface area (Å²) in [6.45, 7) is 6.19. The maximum atomic E-state index is 12.8. The first-order chi connectivity index (χ1) is 13.4. The first kappa shape index (κ1) is 21.3. The summed E-state index contributed by atoms with van der Waals surface area (Å²) in [5.74, 6) is 0.199. The molecular weight excluding hydrogens is 360 g/mol. The van der Waals surface area contributed by atoms with Crippen LogP contribution >= 0.6 is 0 Å². The first-order valence-electron chi connectivity index (χ1n) is 9.52. The van der Waals surface area contributed by atoms with Crippen molar-refractivity contribution in [2.24, 2.45) is 0 Å². The van der Waals surface area contributed by atoms with E-state index in [0.29, 0.717) is 18.7 Å². The van der Waals surface area contributed by atoms with Gasteiger partial charge in [0, 0.05) is 13.1 Å². The van der Waals surface area contributed by atoms with Gasteiger partial charge in [-0.25, -0.2) is 4.79 Å². The standard InChI is InChI=1S/C20H28N4O4/c1-4-6-12-24-18(21)17(19(26)22-20(24)27)23(11-5-2)16(25)13-28-15-10-8-7-9-14(15)3/h7-10H,4-6,11-13,21H2,1-3H3,(H,22,26,27). The monoisotopic (exact) mass is 388 g/mol. The second-order valence-corrected chi connectivity index (χ2v) is 6.60. The summed E-state index contributed by atoms with van der Waals surface area (Å²) < 4.78 is 6.94. The fraction of sp³-hybridized carbons (Fsp3) is 0.450. The number of benzene rings is 1. The number of nitrogens with one attached hydrogen (secondary N) is 1. The molecule has 0 fully saturated rings. The largest absolute Gasteiger partial charge is 0.483 e. The van der Waals surface area contributed by atoms with Crippen LogP contribution in [0.25, 0.3) is 0 Å². The number of H-pyrrole nitrogens is 1. The molecule has 28 heavy (non-hydrogen) atoms. The van der Waals surface area contributed by atoms with E-state index in [4.69, 9.17) is 10.5 Å². The Morgan fingerprint density at radius 2 is 1.93 bits per heavy atom. The highest BCUT2D eigenvalue weighted by atomic mass is 16.5. The molecule has 3 N–H and O–H groups in total. The maximum absolute atomic E-state index is 12.8. The van der Waals surface area contributed by atoms with E-state index in [-0.39, 0.29) is 24.7 Å². The molecule has 0 atom stereocenters. The number of ether oxygens (including phenoxy) is 1. The highest BCUT2D eigenvalue weighted by Crippen LogP contribution is 2.20. The van der Waals surface area contributed by atoms with E-state index in [1.165, 1.54) is 9.47 Å². The van der Waals surface area contributed by atoms with Crippen molar-refractivity contribution in [3.05, 3.63) is 50.7 Å². The van der Waals surface area contributed by atoms with E-state index in [1.54, 1.807) is 6.07 Å². The molecule has 2 rings (SSSR count). The number of aromatic nitrogens is 2. The molecular formula is C20H28N4O4. The smallest absolute Gasteiger partial charge is 0.330 e. The molecule has 8 nitrogen and oxygen atoms in total. The van der Waals surface area contributed by atoms with Crippen LogP contribution in [-0.2, 0) is 11.3 Å². The van der Waals surface area contributed by atoms with E-state index < -0.39 is 17.2 Å². The Balaban J connectivity index is 2.34. The zero-order valence-corrected chi connectivity index (χ0v) is 16.7. The zero-order chi connectivity index (χ0) is 20.7. The van der Waals surface area contributed by atoms with Gasteiger partial charge in [-0.15, -0.1) is 0 Å². The quantitative estimate of drug-likeness (QED) is 0.683. The van der Waals surface area contributed by atoms with Crippen molar-refractivity contribution in [2.45, 2.75) is 46.6 Å².